The summed E-state index contributed by atoms with van der Waals surface area (Å²) in [7, 11) is 0. The molecule has 112 valence electrons. The van der Waals surface area contributed by atoms with E-state index in [0.717, 1.165) is 54.0 Å². The van der Waals surface area contributed by atoms with Gasteiger partial charge in [0.2, 0.25) is 0 Å². The first-order valence-electron chi connectivity index (χ1n) is 7.56. The van der Waals surface area contributed by atoms with Crippen LogP contribution in [0.2, 0.25) is 0 Å². The molecule has 0 amide bonds. The van der Waals surface area contributed by atoms with Crippen LogP contribution in [0.4, 0.5) is 5.82 Å². The van der Waals surface area contributed by atoms with E-state index >= 15 is 0 Å². The molecule has 0 aliphatic heterocycles. The van der Waals surface area contributed by atoms with E-state index in [0.29, 0.717) is 0 Å². The van der Waals surface area contributed by atoms with Crippen LogP contribution < -0.4 is 5.32 Å². The van der Waals surface area contributed by atoms with Crippen LogP contribution in [0.15, 0.2) is 34.8 Å². The van der Waals surface area contributed by atoms with Crippen LogP contribution in [0.5, 0.6) is 0 Å². The van der Waals surface area contributed by atoms with Gasteiger partial charge in [-0.05, 0) is 30.5 Å². The molecule has 21 heavy (non-hydrogen) atoms. The molecule has 1 aromatic heterocycles. The quantitative estimate of drug-likeness (QED) is 0.794. The second-order valence-corrected chi connectivity index (χ2v) is 6.06. The summed E-state index contributed by atoms with van der Waals surface area (Å²) >= 11 is 3.46. The maximum absolute atomic E-state index is 4.69. The minimum atomic E-state index is 0.769. The highest BCUT2D eigenvalue weighted by Crippen LogP contribution is 2.15. The Labute approximate surface area is 135 Å². The summed E-state index contributed by atoms with van der Waals surface area (Å²) in [5.41, 5.74) is 2.35. The van der Waals surface area contributed by atoms with Crippen molar-refractivity contribution in [2.24, 2.45) is 0 Å². The number of nitrogens with zero attached hydrogens (tertiary/aromatic N) is 2. The van der Waals surface area contributed by atoms with Gasteiger partial charge in [0.25, 0.3) is 0 Å². The normalized spacial score (nSPS) is 10.6. The molecule has 0 atom stereocenters. The maximum Gasteiger partial charge on any atom is 0.135 e. The molecule has 1 N–H and O–H groups in total. The number of nitrogens with one attached hydrogen (secondary N) is 1. The van der Waals surface area contributed by atoms with Gasteiger partial charge in [-0.1, -0.05) is 48.3 Å². The predicted octanol–water partition coefficient (Wildman–Crippen LogP) is 4.60. The van der Waals surface area contributed by atoms with Gasteiger partial charge in [-0.15, -0.1) is 0 Å². The van der Waals surface area contributed by atoms with E-state index in [1.54, 1.807) is 0 Å². The van der Waals surface area contributed by atoms with Gasteiger partial charge in [0.1, 0.15) is 11.6 Å². The predicted molar refractivity (Wildman–Crippen MR) is 91.8 cm³/mol. The molecule has 0 unspecified atom stereocenters. The van der Waals surface area contributed by atoms with Crippen molar-refractivity contribution >= 4 is 21.7 Å². The first kappa shape index (κ1) is 16.0. The van der Waals surface area contributed by atoms with Gasteiger partial charge in [-0.25, -0.2) is 9.97 Å². The fraction of sp³-hybridized carbons (Fsp3) is 0.412. The van der Waals surface area contributed by atoms with Crippen LogP contribution in [0, 0.1) is 0 Å². The molecule has 0 fully saturated rings. The molecular formula is C17H22BrN3. The Morgan fingerprint density at radius 1 is 1.05 bits per heavy atom. The van der Waals surface area contributed by atoms with E-state index in [1.807, 2.05) is 0 Å². The highest BCUT2D eigenvalue weighted by molar-refractivity contribution is 9.10. The van der Waals surface area contributed by atoms with Gasteiger partial charge in [-0.2, -0.15) is 0 Å². The van der Waals surface area contributed by atoms with E-state index in [1.165, 1.54) is 5.56 Å². The number of hydrogen-bond donors (Lipinski definition) is 1. The van der Waals surface area contributed by atoms with Gasteiger partial charge in [-0.3, -0.25) is 0 Å². The van der Waals surface area contributed by atoms with E-state index in [4.69, 9.17) is 0 Å². The zero-order valence-corrected chi connectivity index (χ0v) is 14.3. The molecule has 4 heteroatoms. The number of aromatic nitrogens is 2. The summed E-state index contributed by atoms with van der Waals surface area (Å²) in [4.78, 5) is 9.32. The largest absolute Gasteiger partial charge is 0.370 e. The lowest BCUT2D eigenvalue weighted by molar-refractivity contribution is 0.838. The maximum atomic E-state index is 4.69. The first-order chi connectivity index (χ1) is 10.2. The number of anilines is 1. The number of rotatable bonds is 7. The number of benzene rings is 1. The molecule has 0 radical (unpaired) electrons. The summed E-state index contributed by atoms with van der Waals surface area (Å²) in [6.45, 7) is 5.28. The van der Waals surface area contributed by atoms with E-state index in [2.05, 4.69) is 75.4 Å². The standard InChI is InChI=1S/C17H22BrN3/c1-3-5-15-12-16(19-10-4-2)21-17(20-15)11-13-6-8-14(18)9-7-13/h6-9,12H,3-5,10-11H2,1-2H3,(H,19,20,21). The monoisotopic (exact) mass is 347 g/mol. The topological polar surface area (TPSA) is 37.8 Å². The van der Waals surface area contributed by atoms with Gasteiger partial charge in [0, 0.05) is 29.2 Å². The Hall–Kier alpha value is -1.42. The molecule has 1 heterocycles. The van der Waals surface area contributed by atoms with Gasteiger partial charge >= 0.3 is 0 Å². The lowest BCUT2D eigenvalue weighted by Crippen LogP contribution is -2.07. The molecule has 0 aliphatic rings. The molecule has 3 nitrogen and oxygen atoms in total. The second-order valence-electron chi connectivity index (χ2n) is 5.14. The number of aryl methyl sites for hydroxylation is 1. The molecule has 2 aromatic rings. The zero-order valence-electron chi connectivity index (χ0n) is 12.7. The third kappa shape index (κ3) is 5.12. The molecule has 2 rings (SSSR count). The summed E-state index contributed by atoms with van der Waals surface area (Å²) in [6, 6.07) is 10.4. The number of halogens is 1. The van der Waals surface area contributed by atoms with Crippen molar-refractivity contribution in [1.82, 2.24) is 9.97 Å². The lowest BCUT2D eigenvalue weighted by Gasteiger charge is -2.09. The van der Waals surface area contributed by atoms with Crippen molar-refractivity contribution in [2.75, 3.05) is 11.9 Å². The van der Waals surface area contributed by atoms with Crippen molar-refractivity contribution in [1.29, 1.82) is 0 Å². The minimum absolute atomic E-state index is 0.769. The van der Waals surface area contributed by atoms with Crippen LogP contribution >= 0.6 is 15.9 Å². The SMILES string of the molecule is CCCNc1cc(CCC)nc(Cc2ccc(Br)cc2)n1. The van der Waals surface area contributed by atoms with Crippen molar-refractivity contribution < 1.29 is 0 Å². The molecule has 0 saturated heterocycles. The van der Waals surface area contributed by atoms with Gasteiger partial charge < -0.3 is 5.32 Å². The van der Waals surface area contributed by atoms with Crippen LogP contribution in [-0.4, -0.2) is 16.5 Å². The smallest absolute Gasteiger partial charge is 0.135 e. The van der Waals surface area contributed by atoms with Crippen LogP contribution in [0.25, 0.3) is 0 Å². The highest BCUT2D eigenvalue weighted by atomic mass is 79.9. The molecule has 0 aliphatic carbocycles. The van der Waals surface area contributed by atoms with Gasteiger partial charge in [0.05, 0.1) is 0 Å². The van der Waals surface area contributed by atoms with Crippen molar-refractivity contribution in [2.45, 2.75) is 39.5 Å². The third-order valence-electron chi connectivity index (χ3n) is 3.16. The Balaban J connectivity index is 2.19. The molecular weight excluding hydrogens is 326 g/mol. The van der Waals surface area contributed by atoms with Gasteiger partial charge in [0.15, 0.2) is 0 Å². The first-order valence-corrected chi connectivity index (χ1v) is 8.35. The van der Waals surface area contributed by atoms with Crippen LogP contribution in [0.3, 0.4) is 0 Å². The fourth-order valence-electron chi connectivity index (χ4n) is 2.14. The summed E-state index contributed by atoms with van der Waals surface area (Å²) in [5.74, 6) is 1.84. The summed E-state index contributed by atoms with van der Waals surface area (Å²) in [5, 5.41) is 3.37. The highest BCUT2D eigenvalue weighted by Gasteiger charge is 2.05. The summed E-state index contributed by atoms with van der Waals surface area (Å²) < 4.78 is 1.09. The third-order valence-corrected chi connectivity index (χ3v) is 3.69. The molecule has 0 saturated carbocycles. The van der Waals surface area contributed by atoms with Crippen LogP contribution in [-0.2, 0) is 12.8 Å². The molecule has 1 aromatic carbocycles. The van der Waals surface area contributed by atoms with E-state index in [-0.39, 0.29) is 0 Å². The Morgan fingerprint density at radius 2 is 1.81 bits per heavy atom. The average molecular weight is 348 g/mol. The van der Waals surface area contributed by atoms with E-state index < -0.39 is 0 Å². The van der Waals surface area contributed by atoms with Crippen molar-refractivity contribution in [3.63, 3.8) is 0 Å². The Morgan fingerprint density at radius 3 is 2.48 bits per heavy atom. The molecule has 0 spiro atoms. The minimum Gasteiger partial charge on any atom is -0.370 e. The second kappa shape index (κ2) is 8.13. The number of hydrogen-bond acceptors (Lipinski definition) is 3. The van der Waals surface area contributed by atoms with Crippen molar-refractivity contribution in [3.05, 3.63) is 51.9 Å². The van der Waals surface area contributed by atoms with Crippen LogP contribution in [0.1, 0.15) is 43.8 Å². The average Bonchev–Trinajstić information content (AvgIpc) is 2.48. The summed E-state index contributed by atoms with van der Waals surface area (Å²) in [6.07, 6.45) is 3.96. The Bertz CT molecular complexity index is 567. The Kier molecular flexibility index (Phi) is 6.18. The van der Waals surface area contributed by atoms with E-state index in [9.17, 15) is 0 Å². The lowest BCUT2D eigenvalue weighted by atomic mass is 10.1. The fourth-order valence-corrected chi connectivity index (χ4v) is 2.41. The van der Waals surface area contributed by atoms with Crippen molar-refractivity contribution in [3.8, 4) is 0 Å². The zero-order chi connectivity index (χ0) is 15.1. The molecule has 0 bridgehead atoms.